The van der Waals surface area contributed by atoms with Gasteiger partial charge in [-0.15, -0.1) is 0 Å². The molecule has 3 nitrogen and oxygen atoms in total. The Bertz CT molecular complexity index is 184. The highest BCUT2D eigenvalue weighted by Crippen LogP contribution is 2.30. The summed E-state index contributed by atoms with van der Waals surface area (Å²) in [6.07, 6.45) is -0.484. The average molecular weight is 156 g/mol. The lowest BCUT2D eigenvalue weighted by molar-refractivity contribution is -0.154. The quantitative estimate of drug-likeness (QED) is 0.393. The lowest BCUT2D eigenvalue weighted by atomic mass is 9.96. The van der Waals surface area contributed by atoms with Crippen molar-refractivity contribution in [3.05, 3.63) is 12.3 Å². The maximum absolute atomic E-state index is 10.8. The van der Waals surface area contributed by atoms with Gasteiger partial charge < -0.3 is 9.47 Å². The van der Waals surface area contributed by atoms with E-state index in [4.69, 9.17) is 9.47 Å². The first-order valence-electron chi connectivity index (χ1n) is 3.48. The Hall–Kier alpha value is -0.990. The standard InChI is InChI=1S/C8H12O3/c1-5-6(9)11-7(10-5)8(2,3)4/h7H,1H2,2-4H3/t7-/m0/s1. The highest BCUT2D eigenvalue weighted by atomic mass is 16.7. The van der Waals surface area contributed by atoms with Crippen molar-refractivity contribution >= 4 is 5.97 Å². The number of rotatable bonds is 0. The second-order valence-electron chi connectivity index (χ2n) is 3.64. The zero-order valence-electron chi connectivity index (χ0n) is 7.01. The maximum Gasteiger partial charge on any atom is 0.376 e. The molecule has 1 fully saturated rings. The van der Waals surface area contributed by atoms with Crippen LogP contribution in [0.1, 0.15) is 20.8 Å². The van der Waals surface area contributed by atoms with Gasteiger partial charge in [0.15, 0.2) is 0 Å². The van der Waals surface area contributed by atoms with Crippen LogP contribution in [0, 0.1) is 5.41 Å². The molecule has 0 unspecified atom stereocenters. The summed E-state index contributed by atoms with van der Waals surface area (Å²) in [6, 6.07) is 0. The summed E-state index contributed by atoms with van der Waals surface area (Å²) < 4.78 is 9.95. The normalized spacial score (nSPS) is 24.8. The number of esters is 1. The number of hydrogen-bond donors (Lipinski definition) is 0. The van der Waals surface area contributed by atoms with Crippen molar-refractivity contribution in [1.29, 1.82) is 0 Å². The van der Waals surface area contributed by atoms with Gasteiger partial charge in [-0.3, -0.25) is 0 Å². The fourth-order valence-electron chi connectivity index (χ4n) is 0.718. The minimum absolute atomic E-state index is 0.102. The van der Waals surface area contributed by atoms with E-state index in [-0.39, 0.29) is 11.2 Å². The lowest BCUT2D eigenvalue weighted by Gasteiger charge is -2.23. The third-order valence-electron chi connectivity index (χ3n) is 1.40. The Kier molecular flexibility index (Phi) is 1.66. The van der Waals surface area contributed by atoms with Gasteiger partial charge in [0.25, 0.3) is 0 Å². The van der Waals surface area contributed by atoms with E-state index in [0.717, 1.165) is 0 Å². The van der Waals surface area contributed by atoms with Crippen LogP contribution >= 0.6 is 0 Å². The van der Waals surface area contributed by atoms with Crippen LogP contribution in [0.4, 0.5) is 0 Å². The van der Waals surface area contributed by atoms with E-state index in [9.17, 15) is 4.79 Å². The van der Waals surface area contributed by atoms with Gasteiger partial charge in [0.1, 0.15) is 0 Å². The molecule has 0 amide bonds. The first-order chi connectivity index (χ1) is 4.91. The lowest BCUT2D eigenvalue weighted by Crippen LogP contribution is -2.26. The molecule has 62 valence electrons. The molecule has 0 aromatic rings. The zero-order valence-corrected chi connectivity index (χ0v) is 7.01. The summed E-state index contributed by atoms with van der Waals surface area (Å²) in [5.74, 6) is -0.352. The van der Waals surface area contributed by atoms with Crippen LogP contribution in [0.5, 0.6) is 0 Å². The molecule has 1 aliphatic heterocycles. The van der Waals surface area contributed by atoms with E-state index in [1.165, 1.54) is 0 Å². The van der Waals surface area contributed by atoms with Crippen molar-refractivity contribution in [2.24, 2.45) is 5.41 Å². The van der Waals surface area contributed by atoms with Gasteiger partial charge in [0.05, 0.1) is 0 Å². The van der Waals surface area contributed by atoms with Crippen molar-refractivity contribution in [3.63, 3.8) is 0 Å². The fourth-order valence-corrected chi connectivity index (χ4v) is 0.718. The van der Waals surface area contributed by atoms with E-state index >= 15 is 0 Å². The molecular weight excluding hydrogens is 144 g/mol. The molecule has 11 heavy (non-hydrogen) atoms. The topological polar surface area (TPSA) is 35.5 Å². The van der Waals surface area contributed by atoms with Crippen LogP contribution in [0.3, 0.4) is 0 Å². The minimum atomic E-state index is -0.484. The Labute approximate surface area is 66.0 Å². The zero-order chi connectivity index (χ0) is 8.65. The van der Waals surface area contributed by atoms with Crippen molar-refractivity contribution in [1.82, 2.24) is 0 Å². The molecule has 0 aromatic carbocycles. The molecule has 1 aliphatic rings. The highest BCUT2D eigenvalue weighted by Gasteiger charge is 2.37. The van der Waals surface area contributed by atoms with Gasteiger partial charge in [-0.2, -0.15) is 0 Å². The Morgan fingerprint density at radius 2 is 1.91 bits per heavy atom. The van der Waals surface area contributed by atoms with Crippen LogP contribution in [0.25, 0.3) is 0 Å². The predicted molar refractivity (Wildman–Crippen MR) is 39.6 cm³/mol. The van der Waals surface area contributed by atoms with Gasteiger partial charge in [-0.25, -0.2) is 4.79 Å². The first kappa shape index (κ1) is 8.11. The van der Waals surface area contributed by atoms with Crippen LogP contribution in [-0.4, -0.2) is 12.3 Å². The number of cyclic esters (lactones) is 1. The van der Waals surface area contributed by atoms with E-state index < -0.39 is 12.3 Å². The number of carbonyl (C=O) groups excluding carboxylic acids is 1. The SMILES string of the molecule is C=C1O[C@H](C(C)(C)C)OC1=O. The average Bonchev–Trinajstić information content (AvgIpc) is 2.11. The second kappa shape index (κ2) is 2.26. The van der Waals surface area contributed by atoms with Crippen molar-refractivity contribution in [2.45, 2.75) is 27.1 Å². The van der Waals surface area contributed by atoms with Crippen LogP contribution < -0.4 is 0 Å². The van der Waals surface area contributed by atoms with Gasteiger partial charge in [-0.1, -0.05) is 20.8 Å². The molecule has 0 saturated carbocycles. The monoisotopic (exact) mass is 156 g/mol. The Morgan fingerprint density at radius 3 is 2.09 bits per heavy atom. The van der Waals surface area contributed by atoms with Crippen LogP contribution in [0.2, 0.25) is 0 Å². The summed E-state index contributed by atoms with van der Waals surface area (Å²) in [5, 5.41) is 0. The highest BCUT2D eigenvalue weighted by molar-refractivity contribution is 5.87. The number of carbonyl (C=O) groups is 1. The Morgan fingerprint density at radius 1 is 1.36 bits per heavy atom. The largest absolute Gasteiger partial charge is 0.447 e. The molecular formula is C8H12O3. The van der Waals surface area contributed by atoms with Crippen molar-refractivity contribution in [3.8, 4) is 0 Å². The smallest absolute Gasteiger partial charge is 0.376 e. The molecule has 1 atom stereocenters. The summed E-state index contributed by atoms with van der Waals surface area (Å²) in [7, 11) is 0. The molecule has 3 heteroatoms. The second-order valence-corrected chi connectivity index (χ2v) is 3.64. The third-order valence-corrected chi connectivity index (χ3v) is 1.40. The van der Waals surface area contributed by atoms with E-state index in [1.807, 2.05) is 20.8 Å². The number of hydrogen-bond acceptors (Lipinski definition) is 3. The van der Waals surface area contributed by atoms with Crippen molar-refractivity contribution < 1.29 is 14.3 Å². The van der Waals surface area contributed by atoms with E-state index in [0.29, 0.717) is 0 Å². The van der Waals surface area contributed by atoms with E-state index in [1.54, 1.807) is 0 Å². The van der Waals surface area contributed by atoms with Crippen molar-refractivity contribution in [2.75, 3.05) is 0 Å². The molecule has 0 aliphatic carbocycles. The molecule has 0 spiro atoms. The van der Waals surface area contributed by atoms with Crippen LogP contribution in [-0.2, 0) is 14.3 Å². The summed E-state index contributed by atoms with van der Waals surface area (Å²) in [6.45, 7) is 9.20. The van der Waals surface area contributed by atoms with Gasteiger partial charge >= 0.3 is 5.97 Å². The first-order valence-corrected chi connectivity index (χ1v) is 3.48. The van der Waals surface area contributed by atoms with E-state index in [2.05, 4.69) is 6.58 Å². The molecule has 0 radical (unpaired) electrons. The Balaban J connectivity index is 2.68. The third kappa shape index (κ3) is 1.53. The summed E-state index contributed by atoms with van der Waals surface area (Å²) >= 11 is 0. The molecule has 0 N–H and O–H groups in total. The molecule has 1 saturated heterocycles. The molecule has 0 bridgehead atoms. The maximum atomic E-state index is 10.8. The van der Waals surface area contributed by atoms with Crippen LogP contribution in [0.15, 0.2) is 12.3 Å². The van der Waals surface area contributed by atoms with Gasteiger partial charge in [0, 0.05) is 5.41 Å². The minimum Gasteiger partial charge on any atom is -0.447 e. The summed E-state index contributed by atoms with van der Waals surface area (Å²) in [5.41, 5.74) is -0.185. The van der Waals surface area contributed by atoms with Gasteiger partial charge in [0.2, 0.25) is 12.0 Å². The molecule has 1 heterocycles. The van der Waals surface area contributed by atoms with Gasteiger partial charge in [-0.05, 0) is 6.58 Å². The molecule has 1 rings (SSSR count). The fraction of sp³-hybridized carbons (Fsp3) is 0.625. The predicted octanol–water partition coefficient (Wildman–Crippen LogP) is 1.45. The summed E-state index contributed by atoms with van der Waals surface area (Å²) in [4.78, 5) is 10.8. The number of ether oxygens (including phenoxy) is 2. The molecule has 0 aromatic heterocycles.